The third-order valence-electron chi connectivity index (χ3n) is 4.51. The lowest BCUT2D eigenvalue weighted by molar-refractivity contribution is 0.0729. The molecule has 1 aliphatic rings. The Labute approximate surface area is 148 Å². The van der Waals surface area contributed by atoms with Crippen LogP contribution >= 0.6 is 0 Å². The Hall–Kier alpha value is -2.62. The predicted octanol–water partition coefficient (Wildman–Crippen LogP) is 3.47. The molecule has 0 bridgehead atoms. The number of amides is 2. The van der Waals surface area contributed by atoms with Crippen molar-refractivity contribution in [1.29, 1.82) is 0 Å². The van der Waals surface area contributed by atoms with Crippen LogP contribution in [0.15, 0.2) is 42.5 Å². The molecule has 0 saturated heterocycles. The first-order chi connectivity index (χ1) is 12.0. The Morgan fingerprint density at radius 3 is 2.12 bits per heavy atom. The first-order valence-electron chi connectivity index (χ1n) is 8.68. The second-order valence-corrected chi connectivity index (χ2v) is 6.82. The summed E-state index contributed by atoms with van der Waals surface area (Å²) in [4.78, 5) is 26.6. The number of benzene rings is 2. The molecular weight excluding hydrogens is 312 g/mol. The molecule has 2 aromatic rings. The molecule has 1 saturated carbocycles. The van der Waals surface area contributed by atoms with Crippen LogP contribution in [0.2, 0.25) is 0 Å². The van der Waals surface area contributed by atoms with Gasteiger partial charge in [-0.2, -0.15) is 0 Å². The Kier molecular flexibility index (Phi) is 4.88. The summed E-state index contributed by atoms with van der Waals surface area (Å²) in [5.41, 5.74) is 4.64. The van der Waals surface area contributed by atoms with E-state index in [0.29, 0.717) is 18.2 Å². The second kappa shape index (κ2) is 7.09. The van der Waals surface area contributed by atoms with E-state index in [-0.39, 0.29) is 11.8 Å². The van der Waals surface area contributed by atoms with Crippen molar-refractivity contribution in [2.75, 3.05) is 7.05 Å². The van der Waals surface area contributed by atoms with Gasteiger partial charge in [0.25, 0.3) is 11.8 Å². The number of carbonyl (C=O) groups is 2. The molecule has 0 aromatic heterocycles. The molecule has 0 aliphatic heterocycles. The van der Waals surface area contributed by atoms with Gasteiger partial charge in [-0.1, -0.05) is 29.3 Å². The normalized spacial score (nSPS) is 13.4. The van der Waals surface area contributed by atoms with Crippen molar-refractivity contribution in [1.82, 2.24) is 10.2 Å². The third-order valence-corrected chi connectivity index (χ3v) is 4.51. The number of aryl methyl sites for hydroxylation is 2. The minimum absolute atomic E-state index is 0.0877. The Morgan fingerprint density at radius 2 is 1.60 bits per heavy atom. The highest BCUT2D eigenvalue weighted by Gasteiger charge is 2.33. The smallest absolute Gasteiger partial charge is 0.254 e. The van der Waals surface area contributed by atoms with Crippen LogP contribution in [-0.4, -0.2) is 29.8 Å². The zero-order valence-electron chi connectivity index (χ0n) is 15.0. The quantitative estimate of drug-likeness (QED) is 0.909. The highest BCUT2D eigenvalue weighted by atomic mass is 16.2. The van der Waals surface area contributed by atoms with Crippen LogP contribution in [0.25, 0.3) is 0 Å². The van der Waals surface area contributed by atoms with Crippen LogP contribution in [0.4, 0.5) is 0 Å². The molecule has 1 fully saturated rings. The maximum atomic E-state index is 13.0. The monoisotopic (exact) mass is 336 g/mol. The minimum Gasteiger partial charge on any atom is -0.355 e. The van der Waals surface area contributed by atoms with Gasteiger partial charge < -0.3 is 10.2 Å². The van der Waals surface area contributed by atoms with Crippen molar-refractivity contribution < 1.29 is 9.59 Å². The minimum atomic E-state index is -0.100. The van der Waals surface area contributed by atoms with Gasteiger partial charge in [0.2, 0.25) is 0 Å². The maximum Gasteiger partial charge on any atom is 0.254 e. The van der Waals surface area contributed by atoms with E-state index < -0.39 is 0 Å². The van der Waals surface area contributed by atoms with Crippen molar-refractivity contribution in [2.24, 2.45) is 0 Å². The lowest BCUT2D eigenvalue weighted by atomic mass is 10.1. The van der Waals surface area contributed by atoms with Crippen molar-refractivity contribution in [3.63, 3.8) is 0 Å². The molecule has 1 aliphatic carbocycles. The highest BCUT2D eigenvalue weighted by molar-refractivity contribution is 5.95. The molecule has 0 unspecified atom stereocenters. The fourth-order valence-electron chi connectivity index (χ4n) is 3.12. The fourth-order valence-corrected chi connectivity index (χ4v) is 3.12. The van der Waals surface area contributed by atoms with E-state index in [9.17, 15) is 9.59 Å². The first-order valence-corrected chi connectivity index (χ1v) is 8.68. The van der Waals surface area contributed by atoms with E-state index in [0.717, 1.165) is 35.1 Å². The van der Waals surface area contributed by atoms with Crippen molar-refractivity contribution in [2.45, 2.75) is 39.3 Å². The lowest BCUT2D eigenvalue weighted by Gasteiger charge is -2.23. The van der Waals surface area contributed by atoms with Gasteiger partial charge in [0.05, 0.1) is 0 Å². The Morgan fingerprint density at radius 1 is 1.00 bits per heavy atom. The number of hydrogen-bond acceptors (Lipinski definition) is 2. The number of nitrogens with one attached hydrogen (secondary N) is 1. The van der Waals surface area contributed by atoms with Gasteiger partial charge >= 0.3 is 0 Å². The van der Waals surface area contributed by atoms with Gasteiger partial charge in [0, 0.05) is 30.8 Å². The summed E-state index contributed by atoms with van der Waals surface area (Å²) in [6.45, 7) is 4.61. The summed E-state index contributed by atoms with van der Waals surface area (Å²) in [6, 6.07) is 13.8. The first kappa shape index (κ1) is 17.2. The summed E-state index contributed by atoms with van der Waals surface area (Å²) >= 11 is 0. The third kappa shape index (κ3) is 4.08. The zero-order chi connectivity index (χ0) is 18.0. The Balaban J connectivity index is 1.79. The molecular formula is C21H24N2O2. The summed E-state index contributed by atoms with van der Waals surface area (Å²) in [5, 5.41) is 2.62. The van der Waals surface area contributed by atoms with Crippen LogP contribution < -0.4 is 5.32 Å². The van der Waals surface area contributed by atoms with Crippen molar-refractivity contribution in [3.8, 4) is 0 Å². The van der Waals surface area contributed by atoms with E-state index in [1.807, 2.05) is 43.0 Å². The summed E-state index contributed by atoms with van der Waals surface area (Å²) in [5.74, 6) is -0.0124. The largest absolute Gasteiger partial charge is 0.355 e. The fraction of sp³-hybridized carbons (Fsp3) is 0.333. The van der Waals surface area contributed by atoms with E-state index in [1.54, 1.807) is 19.2 Å². The predicted molar refractivity (Wildman–Crippen MR) is 98.6 cm³/mol. The molecule has 2 amide bonds. The maximum absolute atomic E-state index is 13.0. The molecule has 4 nitrogen and oxygen atoms in total. The molecule has 3 rings (SSSR count). The number of rotatable bonds is 5. The lowest BCUT2D eigenvalue weighted by Crippen LogP contribution is -2.32. The molecule has 0 heterocycles. The standard InChI is InChI=1S/C21H24N2O2/c1-14-10-15(2)12-18(11-14)21(25)23(19-8-9-19)13-16-4-6-17(7-5-16)20(24)22-3/h4-7,10-12,19H,8-9,13H2,1-3H3,(H,22,24). The SMILES string of the molecule is CNC(=O)c1ccc(CN(C(=O)c2cc(C)cc(C)c2)C2CC2)cc1. The van der Waals surface area contributed by atoms with E-state index in [2.05, 4.69) is 11.4 Å². The number of nitrogens with zero attached hydrogens (tertiary/aromatic N) is 1. The van der Waals surface area contributed by atoms with Gasteiger partial charge in [-0.15, -0.1) is 0 Å². The summed E-state index contributed by atoms with van der Waals surface area (Å²) in [6.07, 6.45) is 2.12. The van der Waals surface area contributed by atoms with Crippen LogP contribution in [0.1, 0.15) is 50.2 Å². The molecule has 2 aromatic carbocycles. The Bertz CT molecular complexity index is 772. The molecule has 25 heavy (non-hydrogen) atoms. The van der Waals surface area contributed by atoms with Gasteiger partial charge in [0.1, 0.15) is 0 Å². The van der Waals surface area contributed by atoms with Gasteiger partial charge in [-0.05, 0) is 56.5 Å². The average Bonchev–Trinajstić information content (AvgIpc) is 3.43. The topological polar surface area (TPSA) is 49.4 Å². The van der Waals surface area contributed by atoms with Crippen LogP contribution in [0, 0.1) is 13.8 Å². The second-order valence-electron chi connectivity index (χ2n) is 6.82. The van der Waals surface area contributed by atoms with Crippen LogP contribution in [-0.2, 0) is 6.54 Å². The molecule has 130 valence electrons. The van der Waals surface area contributed by atoms with Gasteiger partial charge in [-0.25, -0.2) is 0 Å². The van der Waals surface area contributed by atoms with Gasteiger partial charge in [0.15, 0.2) is 0 Å². The summed E-state index contributed by atoms with van der Waals surface area (Å²) < 4.78 is 0. The van der Waals surface area contributed by atoms with Gasteiger partial charge in [-0.3, -0.25) is 9.59 Å². The van der Waals surface area contributed by atoms with E-state index in [4.69, 9.17) is 0 Å². The van der Waals surface area contributed by atoms with Crippen molar-refractivity contribution in [3.05, 3.63) is 70.3 Å². The van der Waals surface area contributed by atoms with Crippen LogP contribution in [0.3, 0.4) is 0 Å². The molecule has 0 atom stereocenters. The zero-order valence-corrected chi connectivity index (χ0v) is 15.0. The molecule has 0 spiro atoms. The average molecular weight is 336 g/mol. The number of carbonyl (C=O) groups excluding carboxylic acids is 2. The molecule has 0 radical (unpaired) electrons. The van der Waals surface area contributed by atoms with E-state index >= 15 is 0 Å². The number of hydrogen-bond donors (Lipinski definition) is 1. The molecule has 1 N–H and O–H groups in total. The highest BCUT2D eigenvalue weighted by Crippen LogP contribution is 2.30. The van der Waals surface area contributed by atoms with Crippen LogP contribution in [0.5, 0.6) is 0 Å². The van der Waals surface area contributed by atoms with E-state index in [1.165, 1.54) is 0 Å². The molecule has 4 heteroatoms. The van der Waals surface area contributed by atoms with Crippen molar-refractivity contribution >= 4 is 11.8 Å². The summed E-state index contributed by atoms with van der Waals surface area (Å²) in [7, 11) is 1.62.